The minimum Gasteiger partial charge on any atom is -0.431 e. The van der Waals surface area contributed by atoms with Crippen molar-refractivity contribution in [2.24, 2.45) is 5.92 Å². The van der Waals surface area contributed by atoms with Crippen molar-refractivity contribution in [1.29, 1.82) is 0 Å². The molecule has 0 aromatic heterocycles. The van der Waals surface area contributed by atoms with Crippen LogP contribution >= 0.6 is 0 Å². The topological polar surface area (TPSA) is 26.3 Å². The van der Waals surface area contributed by atoms with Gasteiger partial charge in [0.25, 0.3) is 0 Å². The van der Waals surface area contributed by atoms with Gasteiger partial charge in [0.15, 0.2) is 0 Å². The molecule has 2 heteroatoms. The zero-order valence-electron chi connectivity index (χ0n) is 10.2. The summed E-state index contributed by atoms with van der Waals surface area (Å²) in [5.74, 6) is 0.709. The van der Waals surface area contributed by atoms with E-state index in [9.17, 15) is 4.79 Å². The second-order valence-electron chi connectivity index (χ2n) is 4.47. The largest absolute Gasteiger partial charge is 0.431 e. The van der Waals surface area contributed by atoms with Crippen molar-refractivity contribution >= 4 is 5.97 Å². The van der Waals surface area contributed by atoms with Gasteiger partial charge in [-0.05, 0) is 18.1 Å². The molecule has 1 atom stereocenters. The second kappa shape index (κ2) is 5.67. The Morgan fingerprint density at radius 2 is 2.00 bits per heavy atom. The van der Waals surface area contributed by atoms with Crippen molar-refractivity contribution in [1.82, 2.24) is 0 Å². The molecule has 1 aromatic carbocycles. The van der Waals surface area contributed by atoms with Crippen molar-refractivity contribution in [2.45, 2.75) is 32.6 Å². The first-order chi connectivity index (χ1) is 8.29. The van der Waals surface area contributed by atoms with E-state index in [4.69, 9.17) is 4.74 Å². The first kappa shape index (κ1) is 11.9. The Bertz CT molecular complexity index is 406. The van der Waals surface area contributed by atoms with Gasteiger partial charge in [-0.2, -0.15) is 0 Å². The molecule has 0 aliphatic carbocycles. The minimum atomic E-state index is -0.0793. The predicted molar refractivity (Wildman–Crippen MR) is 67.3 cm³/mol. The number of hydrogen-bond acceptors (Lipinski definition) is 2. The molecule has 0 saturated carbocycles. The number of cyclic esters (lactones) is 1. The number of hydrogen-bond donors (Lipinski definition) is 0. The number of esters is 1. The molecule has 1 aliphatic heterocycles. The Labute approximate surface area is 102 Å². The Morgan fingerprint density at radius 1 is 1.24 bits per heavy atom. The second-order valence-corrected chi connectivity index (χ2v) is 4.47. The number of unbranched alkanes of at least 4 members (excludes halogenated alkanes) is 1. The van der Waals surface area contributed by atoms with Crippen LogP contribution in [0.5, 0.6) is 0 Å². The quantitative estimate of drug-likeness (QED) is 0.724. The van der Waals surface area contributed by atoms with E-state index in [-0.39, 0.29) is 11.9 Å². The Morgan fingerprint density at radius 3 is 2.71 bits per heavy atom. The van der Waals surface area contributed by atoms with Crippen LogP contribution in [0.15, 0.2) is 42.2 Å². The predicted octanol–water partition coefficient (Wildman–Crippen LogP) is 3.48. The van der Waals surface area contributed by atoms with Gasteiger partial charge < -0.3 is 4.74 Å². The molecule has 0 amide bonds. The summed E-state index contributed by atoms with van der Waals surface area (Å²) in [6.07, 6.45) is 5.81. The molecular weight excluding hydrogens is 212 g/mol. The first-order valence-corrected chi connectivity index (χ1v) is 6.26. The van der Waals surface area contributed by atoms with E-state index in [1.165, 1.54) is 5.56 Å². The molecule has 17 heavy (non-hydrogen) atoms. The highest BCUT2D eigenvalue weighted by Crippen LogP contribution is 2.24. The van der Waals surface area contributed by atoms with Crippen LogP contribution in [-0.2, 0) is 16.0 Å². The van der Waals surface area contributed by atoms with Crippen LogP contribution < -0.4 is 0 Å². The molecule has 0 bridgehead atoms. The lowest BCUT2D eigenvalue weighted by Crippen LogP contribution is -2.08. The Kier molecular flexibility index (Phi) is 3.97. The summed E-state index contributed by atoms with van der Waals surface area (Å²) < 4.78 is 5.30. The molecule has 90 valence electrons. The van der Waals surface area contributed by atoms with Crippen molar-refractivity contribution in [3.8, 4) is 0 Å². The molecule has 0 fully saturated rings. The molecule has 1 unspecified atom stereocenters. The molecule has 2 nitrogen and oxygen atoms in total. The third kappa shape index (κ3) is 3.19. The standard InChI is InChI=1S/C15H18O2/c1-2-3-9-13-11-14(17-15(13)16)10-12-7-5-4-6-8-12/h4-8,11,13H,2-3,9-10H2,1H3. The van der Waals surface area contributed by atoms with Crippen LogP contribution in [0.25, 0.3) is 0 Å². The van der Waals surface area contributed by atoms with E-state index in [0.29, 0.717) is 0 Å². The summed E-state index contributed by atoms with van der Waals surface area (Å²) in [7, 11) is 0. The van der Waals surface area contributed by atoms with Crippen LogP contribution in [0.2, 0.25) is 0 Å². The zero-order valence-corrected chi connectivity index (χ0v) is 10.2. The van der Waals surface area contributed by atoms with E-state index in [2.05, 4.69) is 6.92 Å². The molecule has 0 saturated heterocycles. The molecule has 0 spiro atoms. The summed E-state index contributed by atoms with van der Waals surface area (Å²) in [6, 6.07) is 10.1. The Hall–Kier alpha value is -1.57. The van der Waals surface area contributed by atoms with Crippen LogP contribution in [0, 0.1) is 5.92 Å². The van der Waals surface area contributed by atoms with Gasteiger partial charge in [0.1, 0.15) is 5.76 Å². The van der Waals surface area contributed by atoms with Gasteiger partial charge in [-0.1, -0.05) is 50.1 Å². The van der Waals surface area contributed by atoms with E-state index in [1.807, 2.05) is 36.4 Å². The fraction of sp³-hybridized carbons (Fsp3) is 0.400. The fourth-order valence-electron chi connectivity index (χ4n) is 2.05. The maximum Gasteiger partial charge on any atom is 0.317 e. The van der Waals surface area contributed by atoms with Gasteiger partial charge in [-0.25, -0.2) is 0 Å². The SMILES string of the molecule is CCCCC1C=C(Cc2ccccc2)OC1=O. The average molecular weight is 230 g/mol. The summed E-state index contributed by atoms with van der Waals surface area (Å²) in [6.45, 7) is 2.13. The number of benzene rings is 1. The summed E-state index contributed by atoms with van der Waals surface area (Å²) >= 11 is 0. The lowest BCUT2D eigenvalue weighted by atomic mass is 10.0. The molecule has 1 aromatic rings. The van der Waals surface area contributed by atoms with Crippen LogP contribution in [0.3, 0.4) is 0 Å². The highest BCUT2D eigenvalue weighted by atomic mass is 16.5. The molecule has 2 rings (SSSR count). The lowest BCUT2D eigenvalue weighted by Gasteiger charge is -2.02. The number of carbonyl (C=O) groups excluding carboxylic acids is 1. The summed E-state index contributed by atoms with van der Waals surface area (Å²) in [5.41, 5.74) is 1.18. The van der Waals surface area contributed by atoms with Gasteiger partial charge in [0.2, 0.25) is 0 Å². The number of allylic oxidation sites excluding steroid dienone is 1. The van der Waals surface area contributed by atoms with Crippen LogP contribution in [0.1, 0.15) is 31.7 Å². The van der Waals surface area contributed by atoms with E-state index < -0.39 is 0 Å². The van der Waals surface area contributed by atoms with Crippen molar-refractivity contribution in [3.63, 3.8) is 0 Å². The molecule has 1 heterocycles. The third-order valence-corrected chi connectivity index (χ3v) is 3.01. The van der Waals surface area contributed by atoms with Crippen LogP contribution in [-0.4, -0.2) is 5.97 Å². The number of carbonyl (C=O) groups is 1. The van der Waals surface area contributed by atoms with Crippen molar-refractivity contribution in [2.75, 3.05) is 0 Å². The van der Waals surface area contributed by atoms with Gasteiger partial charge >= 0.3 is 5.97 Å². The maximum atomic E-state index is 11.6. The summed E-state index contributed by atoms with van der Waals surface area (Å²) in [5, 5.41) is 0. The van der Waals surface area contributed by atoms with Gasteiger partial charge in [0, 0.05) is 6.42 Å². The Balaban J connectivity index is 1.96. The van der Waals surface area contributed by atoms with Gasteiger partial charge in [-0.15, -0.1) is 0 Å². The highest BCUT2D eigenvalue weighted by Gasteiger charge is 2.26. The van der Waals surface area contributed by atoms with Gasteiger partial charge in [0.05, 0.1) is 5.92 Å². The zero-order chi connectivity index (χ0) is 12.1. The number of ether oxygens (including phenoxy) is 1. The summed E-state index contributed by atoms with van der Waals surface area (Å²) in [4.78, 5) is 11.6. The minimum absolute atomic E-state index is 0.0198. The maximum absolute atomic E-state index is 11.6. The van der Waals surface area contributed by atoms with Crippen molar-refractivity contribution in [3.05, 3.63) is 47.7 Å². The van der Waals surface area contributed by atoms with Gasteiger partial charge in [-0.3, -0.25) is 4.79 Å². The molecule has 0 radical (unpaired) electrons. The fourth-order valence-corrected chi connectivity index (χ4v) is 2.05. The number of rotatable bonds is 5. The van der Waals surface area contributed by atoms with Crippen LogP contribution in [0.4, 0.5) is 0 Å². The average Bonchev–Trinajstić information content (AvgIpc) is 2.68. The van der Waals surface area contributed by atoms with E-state index in [0.717, 1.165) is 31.4 Å². The van der Waals surface area contributed by atoms with E-state index >= 15 is 0 Å². The molecular formula is C15H18O2. The highest BCUT2D eigenvalue weighted by molar-refractivity contribution is 5.78. The van der Waals surface area contributed by atoms with Crippen molar-refractivity contribution < 1.29 is 9.53 Å². The first-order valence-electron chi connectivity index (χ1n) is 6.26. The third-order valence-electron chi connectivity index (χ3n) is 3.01. The normalized spacial score (nSPS) is 19.0. The lowest BCUT2D eigenvalue weighted by molar-refractivity contribution is -0.140. The molecule has 0 N–H and O–H groups in total. The molecule has 1 aliphatic rings. The van der Waals surface area contributed by atoms with E-state index in [1.54, 1.807) is 0 Å². The monoisotopic (exact) mass is 230 g/mol. The smallest absolute Gasteiger partial charge is 0.317 e.